The molecule has 0 spiro atoms. The number of nitrogens with zero attached hydrogens (tertiary/aromatic N) is 1. The fourth-order valence-electron chi connectivity index (χ4n) is 3.27. The van der Waals surface area contributed by atoms with Crippen LogP contribution in [0.1, 0.15) is 31.7 Å². The Labute approximate surface area is 119 Å². The molecule has 1 N–H and O–H groups in total. The quantitative estimate of drug-likeness (QED) is 0.679. The molecule has 1 aromatic rings. The second kappa shape index (κ2) is 5.27. The van der Waals surface area contributed by atoms with Gasteiger partial charge in [-0.15, -0.1) is 0 Å². The molecule has 0 aromatic heterocycles. The third-order valence-corrected chi connectivity index (χ3v) is 4.27. The van der Waals surface area contributed by atoms with E-state index in [0.717, 1.165) is 24.9 Å². The van der Waals surface area contributed by atoms with Crippen LogP contribution in [-0.4, -0.2) is 17.8 Å². The third kappa shape index (κ3) is 2.69. The largest absolute Gasteiger partial charge is 0.462 e. The zero-order valence-corrected chi connectivity index (χ0v) is 11.9. The van der Waals surface area contributed by atoms with Crippen molar-refractivity contribution in [2.24, 2.45) is 16.9 Å². The van der Waals surface area contributed by atoms with Gasteiger partial charge in [0.25, 0.3) is 0 Å². The van der Waals surface area contributed by atoms with Gasteiger partial charge in [-0.1, -0.05) is 17.7 Å². The maximum atomic E-state index is 11.0. The number of benzene rings is 1. The van der Waals surface area contributed by atoms with Gasteiger partial charge in [0.1, 0.15) is 6.10 Å². The number of anilines is 1. The molecule has 20 heavy (non-hydrogen) atoms. The average molecular weight is 272 g/mol. The Bertz CT molecular complexity index is 536. The van der Waals surface area contributed by atoms with Gasteiger partial charge in [0.15, 0.2) is 0 Å². The zero-order valence-electron chi connectivity index (χ0n) is 11.9. The highest BCUT2D eigenvalue weighted by atomic mass is 16.5. The van der Waals surface area contributed by atoms with Gasteiger partial charge < -0.3 is 4.74 Å². The van der Waals surface area contributed by atoms with Crippen molar-refractivity contribution in [2.75, 3.05) is 5.43 Å². The molecule has 0 aliphatic heterocycles. The average Bonchev–Trinajstić information content (AvgIpc) is 2.97. The number of carbonyl (C=O) groups is 1. The highest BCUT2D eigenvalue weighted by Crippen LogP contribution is 2.44. The van der Waals surface area contributed by atoms with E-state index in [0.29, 0.717) is 11.8 Å². The molecule has 0 amide bonds. The van der Waals surface area contributed by atoms with Crippen molar-refractivity contribution in [1.29, 1.82) is 0 Å². The van der Waals surface area contributed by atoms with Gasteiger partial charge >= 0.3 is 5.97 Å². The molecule has 2 aliphatic rings. The van der Waals surface area contributed by atoms with Crippen molar-refractivity contribution < 1.29 is 9.53 Å². The van der Waals surface area contributed by atoms with Crippen LogP contribution in [0.15, 0.2) is 29.4 Å². The lowest BCUT2D eigenvalue weighted by Gasteiger charge is -2.22. The molecule has 0 heterocycles. The van der Waals surface area contributed by atoms with Crippen LogP contribution >= 0.6 is 0 Å². The van der Waals surface area contributed by atoms with Crippen LogP contribution in [-0.2, 0) is 9.53 Å². The summed E-state index contributed by atoms with van der Waals surface area (Å²) in [6.45, 7) is 3.56. The summed E-state index contributed by atoms with van der Waals surface area (Å²) in [6.07, 6.45) is 3.09. The zero-order chi connectivity index (χ0) is 14.1. The van der Waals surface area contributed by atoms with Crippen LogP contribution in [0.25, 0.3) is 0 Å². The van der Waals surface area contributed by atoms with Crippen molar-refractivity contribution in [1.82, 2.24) is 0 Å². The highest BCUT2D eigenvalue weighted by Gasteiger charge is 2.45. The lowest BCUT2D eigenvalue weighted by molar-refractivity contribution is -0.148. The fraction of sp³-hybridized carbons (Fsp3) is 0.500. The molecule has 2 bridgehead atoms. The summed E-state index contributed by atoms with van der Waals surface area (Å²) in [5.74, 6) is 0.767. The Morgan fingerprint density at radius 3 is 2.65 bits per heavy atom. The van der Waals surface area contributed by atoms with Crippen LogP contribution < -0.4 is 5.43 Å². The van der Waals surface area contributed by atoms with Crippen LogP contribution in [0.2, 0.25) is 0 Å². The summed E-state index contributed by atoms with van der Waals surface area (Å²) in [5.41, 5.74) is 6.61. The Balaban J connectivity index is 1.60. The first-order chi connectivity index (χ1) is 9.61. The van der Waals surface area contributed by atoms with E-state index < -0.39 is 0 Å². The summed E-state index contributed by atoms with van der Waals surface area (Å²) in [5, 5.41) is 4.55. The normalized spacial score (nSPS) is 29.7. The highest BCUT2D eigenvalue weighted by molar-refractivity contribution is 5.90. The van der Waals surface area contributed by atoms with Crippen molar-refractivity contribution >= 4 is 17.4 Å². The molecular weight excluding hydrogens is 252 g/mol. The number of hydrogen-bond donors (Lipinski definition) is 1. The number of hydrazone groups is 1. The third-order valence-electron chi connectivity index (χ3n) is 4.27. The Morgan fingerprint density at radius 2 is 2.05 bits per heavy atom. The van der Waals surface area contributed by atoms with Gasteiger partial charge in [0, 0.05) is 24.5 Å². The van der Waals surface area contributed by atoms with Crippen LogP contribution in [0.3, 0.4) is 0 Å². The standard InChI is InChI=1S/C16H20N2O2/c1-10-3-5-14(6-4-10)17-18-15-8-13-7-12(15)9-16(13)20-11(2)19/h3-6,12-13,16-17H,7-9H2,1-2H3. The molecule has 0 radical (unpaired) electrons. The number of ether oxygens (including phenoxy) is 1. The molecule has 3 rings (SSSR count). The number of aryl methyl sites for hydroxylation is 1. The molecule has 2 saturated carbocycles. The maximum Gasteiger partial charge on any atom is 0.302 e. The second-order valence-electron chi connectivity index (χ2n) is 5.86. The minimum Gasteiger partial charge on any atom is -0.462 e. The number of rotatable bonds is 3. The molecule has 4 nitrogen and oxygen atoms in total. The van der Waals surface area contributed by atoms with E-state index in [1.54, 1.807) is 0 Å². The minimum atomic E-state index is -0.168. The van der Waals surface area contributed by atoms with Gasteiger partial charge in [-0.2, -0.15) is 5.10 Å². The van der Waals surface area contributed by atoms with E-state index in [4.69, 9.17) is 4.74 Å². The van der Waals surface area contributed by atoms with Crippen molar-refractivity contribution in [3.63, 3.8) is 0 Å². The Hall–Kier alpha value is -1.84. The number of fused-ring (bicyclic) bond motifs is 2. The first-order valence-electron chi connectivity index (χ1n) is 7.18. The smallest absolute Gasteiger partial charge is 0.302 e. The van der Waals surface area contributed by atoms with E-state index in [1.807, 2.05) is 12.1 Å². The van der Waals surface area contributed by atoms with E-state index >= 15 is 0 Å². The molecule has 2 fully saturated rings. The lowest BCUT2D eigenvalue weighted by Crippen LogP contribution is -2.26. The molecule has 3 unspecified atom stereocenters. The minimum absolute atomic E-state index is 0.107. The van der Waals surface area contributed by atoms with Crippen LogP contribution in [0, 0.1) is 18.8 Å². The second-order valence-corrected chi connectivity index (χ2v) is 5.86. The molecule has 4 heteroatoms. The van der Waals surface area contributed by atoms with E-state index in [2.05, 4.69) is 29.6 Å². The molecule has 1 aromatic carbocycles. The molecule has 3 atom stereocenters. The molecule has 0 saturated heterocycles. The molecule has 2 aliphatic carbocycles. The van der Waals surface area contributed by atoms with E-state index in [-0.39, 0.29) is 12.1 Å². The van der Waals surface area contributed by atoms with E-state index in [1.165, 1.54) is 18.2 Å². The number of carbonyl (C=O) groups excluding carboxylic acids is 1. The monoisotopic (exact) mass is 272 g/mol. The fourth-order valence-corrected chi connectivity index (χ4v) is 3.27. The summed E-state index contributed by atoms with van der Waals surface area (Å²) >= 11 is 0. The Morgan fingerprint density at radius 1 is 1.30 bits per heavy atom. The first kappa shape index (κ1) is 13.2. The van der Waals surface area contributed by atoms with Gasteiger partial charge in [-0.25, -0.2) is 0 Å². The van der Waals surface area contributed by atoms with Crippen molar-refractivity contribution in [2.45, 2.75) is 39.2 Å². The van der Waals surface area contributed by atoms with Gasteiger partial charge in [-0.05, 0) is 38.3 Å². The van der Waals surface area contributed by atoms with E-state index in [9.17, 15) is 4.79 Å². The number of esters is 1. The van der Waals surface area contributed by atoms with Gasteiger partial charge in [0.05, 0.1) is 5.69 Å². The predicted molar refractivity (Wildman–Crippen MR) is 78.6 cm³/mol. The predicted octanol–water partition coefficient (Wildman–Crippen LogP) is 3.12. The lowest BCUT2D eigenvalue weighted by atomic mass is 9.96. The SMILES string of the molecule is CC(=O)OC1CC2CC1CC2=NNc1ccc(C)cc1. The summed E-state index contributed by atoms with van der Waals surface area (Å²) in [4.78, 5) is 11.0. The summed E-state index contributed by atoms with van der Waals surface area (Å²) in [6, 6.07) is 8.21. The number of nitrogens with one attached hydrogen (secondary N) is 1. The van der Waals surface area contributed by atoms with Crippen LogP contribution in [0.4, 0.5) is 5.69 Å². The number of hydrogen-bond acceptors (Lipinski definition) is 4. The molecular formula is C16H20N2O2. The van der Waals surface area contributed by atoms with Gasteiger partial charge in [-0.3, -0.25) is 10.2 Å². The Kier molecular flexibility index (Phi) is 3.47. The van der Waals surface area contributed by atoms with Crippen molar-refractivity contribution in [3.05, 3.63) is 29.8 Å². The van der Waals surface area contributed by atoms with Crippen molar-refractivity contribution in [3.8, 4) is 0 Å². The van der Waals surface area contributed by atoms with Crippen LogP contribution in [0.5, 0.6) is 0 Å². The first-order valence-corrected chi connectivity index (χ1v) is 7.18. The molecule has 106 valence electrons. The van der Waals surface area contributed by atoms with Gasteiger partial charge in [0.2, 0.25) is 0 Å². The topological polar surface area (TPSA) is 50.7 Å². The summed E-state index contributed by atoms with van der Waals surface area (Å²) in [7, 11) is 0. The maximum absolute atomic E-state index is 11.0. The summed E-state index contributed by atoms with van der Waals surface area (Å²) < 4.78 is 5.36.